The Hall–Kier alpha value is -1.83. The second-order valence-corrected chi connectivity index (χ2v) is 8.05. The van der Waals surface area contributed by atoms with E-state index in [1.807, 2.05) is 30.5 Å². The van der Waals surface area contributed by atoms with Crippen LogP contribution in [0.1, 0.15) is 15.9 Å². The molecule has 0 amide bonds. The van der Waals surface area contributed by atoms with Gasteiger partial charge in [0.25, 0.3) is 0 Å². The van der Waals surface area contributed by atoms with Crippen LogP contribution in [0.15, 0.2) is 58.3 Å². The fraction of sp³-hybridized carbons (Fsp3) is 0.235. The number of rotatable bonds is 6. The molecule has 2 rings (SSSR count). The number of carbonyl (C=O) groups is 1. The summed E-state index contributed by atoms with van der Waals surface area (Å²) >= 11 is 1.63. The average Bonchev–Trinajstić information content (AvgIpc) is 2.61. The molecule has 0 saturated carbocycles. The predicted octanol–water partition coefficient (Wildman–Crippen LogP) is 3.02. The van der Waals surface area contributed by atoms with Gasteiger partial charge in [-0.15, -0.1) is 11.8 Å². The minimum atomic E-state index is -3.70. The SMILES string of the molecule is COC(=O)c1cccc(S(=O)(=O)N(C)Cc2ccc(SC)cc2)c1. The molecule has 2 aromatic carbocycles. The van der Waals surface area contributed by atoms with Gasteiger partial charge in [-0.2, -0.15) is 4.31 Å². The highest BCUT2D eigenvalue weighted by Crippen LogP contribution is 2.20. The molecule has 24 heavy (non-hydrogen) atoms. The summed E-state index contributed by atoms with van der Waals surface area (Å²) in [5.74, 6) is -0.567. The van der Waals surface area contributed by atoms with Gasteiger partial charge in [-0.05, 0) is 42.2 Å². The zero-order valence-corrected chi connectivity index (χ0v) is 15.4. The number of ether oxygens (including phenoxy) is 1. The Morgan fingerprint density at radius 2 is 1.83 bits per heavy atom. The number of hydrogen-bond donors (Lipinski definition) is 0. The number of methoxy groups -OCH3 is 1. The Morgan fingerprint density at radius 3 is 2.42 bits per heavy atom. The molecule has 0 radical (unpaired) electrons. The van der Waals surface area contributed by atoms with Gasteiger partial charge in [0.15, 0.2) is 0 Å². The maximum Gasteiger partial charge on any atom is 0.337 e. The van der Waals surface area contributed by atoms with Gasteiger partial charge in [0, 0.05) is 18.5 Å². The lowest BCUT2D eigenvalue weighted by molar-refractivity contribution is 0.0600. The topological polar surface area (TPSA) is 63.7 Å². The van der Waals surface area contributed by atoms with Crippen molar-refractivity contribution in [3.05, 3.63) is 59.7 Å². The molecule has 7 heteroatoms. The lowest BCUT2D eigenvalue weighted by atomic mass is 10.2. The standard InChI is InChI=1S/C17H19NO4S2/c1-18(12-13-7-9-15(23-3)10-8-13)24(20,21)16-6-4-5-14(11-16)17(19)22-2/h4-11H,12H2,1-3H3. The zero-order valence-electron chi connectivity index (χ0n) is 13.7. The molecule has 2 aromatic rings. The highest BCUT2D eigenvalue weighted by Gasteiger charge is 2.22. The van der Waals surface area contributed by atoms with Crippen LogP contribution in [0.2, 0.25) is 0 Å². The summed E-state index contributed by atoms with van der Waals surface area (Å²) in [5, 5.41) is 0. The molecule has 0 aliphatic heterocycles. The first-order valence-electron chi connectivity index (χ1n) is 7.16. The Kier molecular flexibility index (Phi) is 6.04. The van der Waals surface area contributed by atoms with Crippen LogP contribution < -0.4 is 0 Å². The molecule has 0 atom stereocenters. The summed E-state index contributed by atoms with van der Waals surface area (Å²) in [6, 6.07) is 13.6. The number of nitrogens with zero attached hydrogens (tertiary/aromatic N) is 1. The van der Waals surface area contributed by atoms with Crippen LogP contribution in [0.3, 0.4) is 0 Å². The van der Waals surface area contributed by atoms with Gasteiger partial charge >= 0.3 is 5.97 Å². The van der Waals surface area contributed by atoms with E-state index in [2.05, 4.69) is 4.74 Å². The minimum Gasteiger partial charge on any atom is -0.465 e. The smallest absolute Gasteiger partial charge is 0.337 e. The van der Waals surface area contributed by atoms with Crippen LogP contribution in [0.25, 0.3) is 0 Å². The number of benzene rings is 2. The third kappa shape index (κ3) is 4.17. The first-order chi connectivity index (χ1) is 11.4. The molecular formula is C17H19NO4S2. The summed E-state index contributed by atoms with van der Waals surface area (Å²) in [4.78, 5) is 12.8. The van der Waals surface area contributed by atoms with Gasteiger partial charge in [-0.25, -0.2) is 13.2 Å². The average molecular weight is 365 g/mol. The largest absolute Gasteiger partial charge is 0.465 e. The van der Waals surface area contributed by atoms with Crippen LogP contribution in [0.5, 0.6) is 0 Å². The Balaban J connectivity index is 2.23. The van der Waals surface area contributed by atoms with Crippen molar-refractivity contribution in [3.63, 3.8) is 0 Å². The van der Waals surface area contributed by atoms with E-state index in [4.69, 9.17) is 0 Å². The molecule has 5 nitrogen and oxygen atoms in total. The number of hydrogen-bond acceptors (Lipinski definition) is 5. The summed E-state index contributed by atoms with van der Waals surface area (Å²) in [6.07, 6.45) is 1.99. The molecule has 0 bridgehead atoms. The molecule has 0 aliphatic carbocycles. The van der Waals surface area contributed by atoms with E-state index in [-0.39, 0.29) is 17.0 Å². The molecule has 0 unspecified atom stereocenters. The van der Waals surface area contributed by atoms with E-state index in [1.54, 1.807) is 11.8 Å². The van der Waals surface area contributed by atoms with Gasteiger partial charge in [0.1, 0.15) is 0 Å². The fourth-order valence-electron chi connectivity index (χ4n) is 2.15. The summed E-state index contributed by atoms with van der Waals surface area (Å²) < 4.78 is 31.3. The van der Waals surface area contributed by atoms with Crippen molar-refractivity contribution in [2.75, 3.05) is 20.4 Å². The lowest BCUT2D eigenvalue weighted by Crippen LogP contribution is -2.26. The monoisotopic (exact) mass is 365 g/mol. The van der Waals surface area contributed by atoms with Gasteiger partial charge in [0.05, 0.1) is 17.6 Å². The molecule has 0 aliphatic rings. The second-order valence-electron chi connectivity index (χ2n) is 5.13. The quantitative estimate of drug-likeness (QED) is 0.582. The van der Waals surface area contributed by atoms with Crippen LogP contribution in [0.4, 0.5) is 0 Å². The van der Waals surface area contributed by atoms with E-state index >= 15 is 0 Å². The molecule has 0 spiro atoms. The van der Waals surface area contributed by atoms with Crippen molar-refractivity contribution < 1.29 is 17.9 Å². The Morgan fingerprint density at radius 1 is 1.17 bits per heavy atom. The molecule has 128 valence electrons. The van der Waals surface area contributed by atoms with Gasteiger partial charge < -0.3 is 4.74 Å². The molecular weight excluding hydrogens is 346 g/mol. The van der Waals surface area contributed by atoms with Crippen LogP contribution in [-0.2, 0) is 21.3 Å². The minimum absolute atomic E-state index is 0.0635. The summed E-state index contributed by atoms with van der Waals surface area (Å²) in [7, 11) is -0.922. The number of thioether (sulfide) groups is 1. The van der Waals surface area contributed by atoms with E-state index in [1.165, 1.54) is 42.7 Å². The number of carbonyl (C=O) groups excluding carboxylic acids is 1. The number of sulfonamides is 1. The Labute approximate surface area is 146 Å². The first-order valence-corrected chi connectivity index (χ1v) is 9.82. The van der Waals surface area contributed by atoms with Crippen LogP contribution in [0, 0.1) is 0 Å². The van der Waals surface area contributed by atoms with Gasteiger partial charge in [0.2, 0.25) is 10.0 Å². The van der Waals surface area contributed by atoms with Crippen molar-refractivity contribution in [1.82, 2.24) is 4.31 Å². The lowest BCUT2D eigenvalue weighted by Gasteiger charge is -2.18. The molecule has 0 aromatic heterocycles. The highest BCUT2D eigenvalue weighted by atomic mass is 32.2. The molecule has 0 N–H and O–H groups in total. The second kappa shape index (κ2) is 7.83. The van der Waals surface area contributed by atoms with Crippen molar-refractivity contribution in [2.45, 2.75) is 16.3 Å². The van der Waals surface area contributed by atoms with E-state index in [9.17, 15) is 13.2 Å². The van der Waals surface area contributed by atoms with Crippen molar-refractivity contribution in [3.8, 4) is 0 Å². The van der Waals surface area contributed by atoms with Crippen molar-refractivity contribution in [1.29, 1.82) is 0 Å². The highest BCUT2D eigenvalue weighted by molar-refractivity contribution is 7.98. The first kappa shape index (κ1) is 18.5. The molecule has 0 saturated heterocycles. The van der Waals surface area contributed by atoms with Gasteiger partial charge in [-0.1, -0.05) is 18.2 Å². The van der Waals surface area contributed by atoms with E-state index in [0.29, 0.717) is 0 Å². The third-order valence-electron chi connectivity index (χ3n) is 3.53. The van der Waals surface area contributed by atoms with Crippen LogP contribution in [-0.4, -0.2) is 39.1 Å². The molecule has 0 fully saturated rings. The molecule has 0 heterocycles. The Bertz CT molecular complexity index is 817. The zero-order chi connectivity index (χ0) is 17.7. The van der Waals surface area contributed by atoms with Gasteiger partial charge in [-0.3, -0.25) is 0 Å². The summed E-state index contributed by atoms with van der Waals surface area (Å²) in [6.45, 7) is 0.249. The predicted molar refractivity (Wildman–Crippen MR) is 94.7 cm³/mol. The van der Waals surface area contributed by atoms with Crippen molar-refractivity contribution >= 4 is 27.8 Å². The maximum atomic E-state index is 12.7. The maximum absolute atomic E-state index is 12.7. The van der Waals surface area contributed by atoms with E-state index < -0.39 is 16.0 Å². The third-order valence-corrected chi connectivity index (χ3v) is 6.07. The van der Waals surface area contributed by atoms with Crippen molar-refractivity contribution in [2.24, 2.45) is 0 Å². The van der Waals surface area contributed by atoms with Crippen LogP contribution >= 0.6 is 11.8 Å². The summed E-state index contributed by atoms with van der Waals surface area (Å²) in [5.41, 5.74) is 1.10. The fourth-order valence-corrected chi connectivity index (χ4v) is 3.77. The number of esters is 1. The normalized spacial score (nSPS) is 11.5. The van der Waals surface area contributed by atoms with E-state index in [0.717, 1.165) is 10.5 Å².